The Balaban J connectivity index is 1.49. The molecule has 11 atom stereocenters. The molecule has 7 nitrogen and oxygen atoms in total. The van der Waals surface area contributed by atoms with Gasteiger partial charge in [0.05, 0.1) is 18.4 Å². The molecule has 5 aliphatic rings. The molecular weight excluding hydrogens is 487 g/mol. The summed E-state index contributed by atoms with van der Waals surface area (Å²) < 4.78 is 25.5. The van der Waals surface area contributed by atoms with Crippen LogP contribution in [0, 0.1) is 45.8 Å². The van der Waals surface area contributed by atoms with Gasteiger partial charge in [-0.25, -0.2) is 9.18 Å². The number of halogens is 1. The van der Waals surface area contributed by atoms with Crippen LogP contribution in [0.3, 0.4) is 0 Å². The molecule has 2 heterocycles. The summed E-state index contributed by atoms with van der Waals surface area (Å²) in [5.74, 6) is -0.0260. The Morgan fingerprint density at radius 3 is 2.53 bits per heavy atom. The fourth-order valence-electron chi connectivity index (χ4n) is 9.58. The Morgan fingerprint density at radius 2 is 1.89 bits per heavy atom. The number of amides is 2. The van der Waals surface area contributed by atoms with Gasteiger partial charge in [-0.2, -0.15) is 0 Å². The van der Waals surface area contributed by atoms with Crippen LogP contribution in [-0.2, 0) is 19.1 Å². The highest BCUT2D eigenvalue weighted by molar-refractivity contribution is 5.93. The molecule has 212 valence electrons. The number of carbonyl (C=O) groups is 3. The number of rotatable bonds is 5. The van der Waals surface area contributed by atoms with Gasteiger partial charge >= 0.3 is 6.09 Å². The normalized spacial score (nSPS) is 48.0. The van der Waals surface area contributed by atoms with Crippen LogP contribution < -0.4 is 5.32 Å². The lowest BCUT2D eigenvalue weighted by atomic mass is 9.43. The van der Waals surface area contributed by atoms with Gasteiger partial charge in [-0.1, -0.05) is 33.8 Å². The van der Waals surface area contributed by atoms with E-state index in [1.165, 1.54) is 6.08 Å². The monoisotopic (exact) mass is 532 g/mol. The number of hydrogen-bond donors (Lipinski definition) is 1. The molecular formula is C30H45FN2O5. The van der Waals surface area contributed by atoms with Crippen LogP contribution in [0.2, 0.25) is 0 Å². The molecule has 0 aromatic rings. The molecule has 4 bridgehead atoms. The zero-order valence-corrected chi connectivity index (χ0v) is 23.6. The van der Waals surface area contributed by atoms with Crippen molar-refractivity contribution < 1.29 is 28.2 Å². The van der Waals surface area contributed by atoms with E-state index in [-0.39, 0.29) is 65.6 Å². The summed E-state index contributed by atoms with van der Waals surface area (Å²) >= 11 is 0. The maximum Gasteiger partial charge on any atom is 0.414 e. The Labute approximate surface area is 226 Å². The average molecular weight is 533 g/mol. The lowest BCUT2D eigenvalue weighted by molar-refractivity contribution is -0.191. The number of ketones is 1. The number of ether oxygens (including phenoxy) is 2. The third kappa shape index (κ3) is 4.16. The van der Waals surface area contributed by atoms with E-state index in [4.69, 9.17) is 9.47 Å². The quantitative estimate of drug-likeness (QED) is 0.543. The van der Waals surface area contributed by atoms with Crippen molar-refractivity contribution in [3.63, 3.8) is 0 Å². The number of carbonyl (C=O) groups excluding carboxylic acids is 3. The van der Waals surface area contributed by atoms with Crippen molar-refractivity contribution >= 4 is 17.8 Å². The van der Waals surface area contributed by atoms with E-state index in [0.29, 0.717) is 12.9 Å². The minimum Gasteiger partial charge on any atom is -0.445 e. The summed E-state index contributed by atoms with van der Waals surface area (Å²) in [5.41, 5.74) is -1.62. The lowest BCUT2D eigenvalue weighted by Crippen LogP contribution is -2.63. The predicted molar refractivity (Wildman–Crippen MR) is 141 cm³/mol. The van der Waals surface area contributed by atoms with Crippen molar-refractivity contribution in [2.75, 3.05) is 26.7 Å². The second-order valence-corrected chi connectivity index (χ2v) is 13.5. The number of fused-ring (bicyclic) bond motifs is 2. The van der Waals surface area contributed by atoms with Crippen molar-refractivity contribution in [1.82, 2.24) is 10.2 Å². The highest BCUT2D eigenvalue weighted by atomic mass is 19.1. The lowest BCUT2D eigenvalue weighted by Gasteiger charge is -2.61. The van der Waals surface area contributed by atoms with Crippen LogP contribution >= 0.6 is 0 Å². The van der Waals surface area contributed by atoms with Crippen molar-refractivity contribution in [3.05, 3.63) is 12.4 Å². The van der Waals surface area contributed by atoms with Crippen molar-refractivity contribution in [2.45, 2.75) is 84.8 Å². The Hall–Kier alpha value is -1.80. The maximum absolute atomic E-state index is 14.2. The van der Waals surface area contributed by atoms with Crippen molar-refractivity contribution in [1.29, 1.82) is 0 Å². The molecule has 3 saturated carbocycles. The van der Waals surface area contributed by atoms with Crippen LogP contribution in [-0.4, -0.2) is 61.6 Å². The number of imide groups is 1. The zero-order chi connectivity index (χ0) is 27.5. The van der Waals surface area contributed by atoms with Crippen LogP contribution in [0.1, 0.15) is 72.6 Å². The smallest absolute Gasteiger partial charge is 0.414 e. The standard InChI is InChI=1S/C30H45FN2O5/c1-18-7-11-30-12-8-22(37-5)24(30)29(18,4)23(15-28(3,10-6-13-31)25(34)19(30)2)38-27(36)32-26(35)21-17-33-14-9-20(21)16-33/h6,13,18-24H,7-12,14-17H2,1-5H3,(H,32,35,36)/b13-6+/t18-,19+,20-,21+,22-,23-,24?,28-,29+,30?/m1/s1. The number of piperidine rings is 1. The predicted octanol–water partition coefficient (Wildman–Crippen LogP) is 4.90. The largest absolute Gasteiger partial charge is 0.445 e. The van der Waals surface area contributed by atoms with E-state index < -0.39 is 23.0 Å². The fourth-order valence-corrected chi connectivity index (χ4v) is 9.58. The maximum atomic E-state index is 14.2. The van der Waals surface area contributed by atoms with Gasteiger partial charge in [0, 0.05) is 42.9 Å². The average Bonchev–Trinajstić information content (AvgIpc) is 3.63. The van der Waals surface area contributed by atoms with E-state index in [0.717, 1.165) is 45.2 Å². The third-order valence-corrected chi connectivity index (χ3v) is 11.9. The second-order valence-electron chi connectivity index (χ2n) is 13.5. The second kappa shape index (κ2) is 9.99. The number of allylic oxidation sites excluding steroid dienone is 1. The molecule has 1 N–H and O–H groups in total. The molecule has 2 saturated heterocycles. The van der Waals surface area contributed by atoms with E-state index in [9.17, 15) is 18.8 Å². The molecule has 2 amide bonds. The van der Waals surface area contributed by atoms with Crippen LogP contribution in [0.25, 0.3) is 0 Å². The molecule has 0 aromatic heterocycles. The summed E-state index contributed by atoms with van der Waals surface area (Å²) in [4.78, 5) is 42.8. The van der Waals surface area contributed by atoms with E-state index >= 15 is 0 Å². The summed E-state index contributed by atoms with van der Waals surface area (Å²) in [5, 5.41) is 2.55. The number of nitrogens with one attached hydrogen (secondary N) is 1. The fraction of sp³-hybridized carbons (Fsp3) is 0.833. The molecule has 0 spiro atoms. The first-order valence-electron chi connectivity index (χ1n) is 14.6. The summed E-state index contributed by atoms with van der Waals surface area (Å²) in [6.07, 6.45) is 5.62. The van der Waals surface area contributed by atoms with Gasteiger partial charge in [0.1, 0.15) is 11.9 Å². The number of Topliss-reactive ketones (excluding diaryl/α,β-unsaturated/α-hetero) is 1. The minimum atomic E-state index is -0.893. The van der Waals surface area contributed by atoms with Crippen molar-refractivity contribution in [2.24, 2.45) is 45.8 Å². The first kappa shape index (κ1) is 27.8. The van der Waals surface area contributed by atoms with E-state index in [1.54, 1.807) is 7.11 Å². The summed E-state index contributed by atoms with van der Waals surface area (Å²) in [6.45, 7) is 11.0. The van der Waals surface area contributed by atoms with Crippen molar-refractivity contribution in [3.8, 4) is 0 Å². The van der Waals surface area contributed by atoms with Crippen LogP contribution in [0.15, 0.2) is 12.4 Å². The molecule has 2 aliphatic heterocycles. The molecule has 3 aliphatic carbocycles. The molecule has 0 radical (unpaired) electrons. The zero-order valence-electron chi connectivity index (χ0n) is 23.6. The molecule has 0 aromatic carbocycles. The Kier molecular flexibility index (Phi) is 7.30. The van der Waals surface area contributed by atoms with Crippen LogP contribution in [0.4, 0.5) is 9.18 Å². The Morgan fingerprint density at radius 1 is 1.16 bits per heavy atom. The van der Waals surface area contributed by atoms with Gasteiger partial charge in [0.15, 0.2) is 0 Å². The summed E-state index contributed by atoms with van der Waals surface area (Å²) in [7, 11) is 1.74. The van der Waals surface area contributed by atoms with Gasteiger partial charge in [0.25, 0.3) is 0 Å². The van der Waals surface area contributed by atoms with Gasteiger partial charge < -0.3 is 14.4 Å². The number of methoxy groups -OCH3 is 1. The first-order valence-corrected chi connectivity index (χ1v) is 14.6. The summed E-state index contributed by atoms with van der Waals surface area (Å²) in [6, 6.07) is 0. The molecule has 5 fully saturated rings. The van der Waals surface area contributed by atoms with E-state index in [2.05, 4.69) is 31.0 Å². The number of nitrogens with zero attached hydrogens (tertiary/aromatic N) is 1. The topological polar surface area (TPSA) is 84.9 Å². The molecule has 38 heavy (non-hydrogen) atoms. The van der Waals surface area contributed by atoms with Crippen LogP contribution in [0.5, 0.6) is 0 Å². The van der Waals surface area contributed by atoms with Gasteiger partial charge in [-0.05, 0) is 68.7 Å². The van der Waals surface area contributed by atoms with Gasteiger partial charge in [-0.15, -0.1) is 0 Å². The minimum absolute atomic E-state index is 0.0352. The number of hydrogen-bond acceptors (Lipinski definition) is 6. The van der Waals surface area contributed by atoms with E-state index in [1.807, 2.05) is 6.92 Å². The highest BCUT2D eigenvalue weighted by Gasteiger charge is 2.68. The molecule has 5 rings (SSSR count). The third-order valence-electron chi connectivity index (χ3n) is 11.9. The highest BCUT2D eigenvalue weighted by Crippen LogP contribution is 2.68. The number of alkyl carbamates (subject to hydrolysis) is 1. The Bertz CT molecular complexity index is 1000. The first-order chi connectivity index (χ1) is 18.0. The molecule has 8 heteroatoms. The molecule has 3 unspecified atom stereocenters. The van der Waals surface area contributed by atoms with Gasteiger partial charge in [-0.3, -0.25) is 14.9 Å². The SMILES string of the molecule is CO[C@@H]1CCC23CC[C@@H](C)[C@](C)(C12)[C@H](OC(=O)NC(=O)[C@H]1CN2CC[C@@H]1C2)C[C@@](C)(C/C=C/F)C(=O)[C@@H]3C. The van der Waals surface area contributed by atoms with Gasteiger partial charge in [0.2, 0.25) is 5.91 Å².